The normalized spacial score (nSPS) is 15.9. The highest BCUT2D eigenvalue weighted by Crippen LogP contribution is 2.27. The number of hydrogen-bond donors (Lipinski definition) is 2. The Morgan fingerprint density at radius 2 is 1.81 bits per heavy atom. The predicted octanol–water partition coefficient (Wildman–Crippen LogP) is 2.23. The molecule has 1 fully saturated rings. The molecule has 8 nitrogen and oxygen atoms in total. The van der Waals surface area contributed by atoms with Crippen LogP contribution in [0.3, 0.4) is 0 Å². The number of rotatable bonds is 4. The van der Waals surface area contributed by atoms with Crippen LogP contribution in [0.5, 0.6) is 0 Å². The lowest BCUT2D eigenvalue weighted by Crippen LogP contribution is -2.43. The Hall–Kier alpha value is -3.78. The monoisotopic (exact) mass is 428 g/mol. The Morgan fingerprint density at radius 1 is 1.00 bits per heavy atom. The van der Waals surface area contributed by atoms with E-state index < -0.39 is 0 Å². The number of piperazine rings is 1. The smallest absolute Gasteiger partial charge is 0.274 e. The lowest BCUT2D eigenvalue weighted by Gasteiger charge is -2.30. The van der Waals surface area contributed by atoms with Crippen molar-refractivity contribution in [1.82, 2.24) is 15.3 Å². The Kier molecular flexibility index (Phi) is 5.51. The molecule has 2 aliphatic heterocycles. The minimum Gasteiger partial charge on any atom is -0.367 e. The summed E-state index contributed by atoms with van der Waals surface area (Å²) >= 11 is 0. The van der Waals surface area contributed by atoms with Crippen LogP contribution in [-0.4, -0.2) is 48.0 Å². The molecule has 32 heavy (non-hydrogen) atoms. The minimum atomic E-state index is -0.332. The molecule has 1 saturated heterocycles. The van der Waals surface area contributed by atoms with Crippen LogP contribution in [-0.2, 0) is 17.8 Å². The second kappa shape index (κ2) is 8.76. The molecule has 1 aromatic carbocycles. The van der Waals surface area contributed by atoms with E-state index in [0.29, 0.717) is 24.5 Å². The molecule has 0 bridgehead atoms. The number of hydrogen-bond acceptors (Lipinski definition) is 6. The fourth-order valence-corrected chi connectivity index (χ4v) is 4.16. The number of nitrogens with one attached hydrogen (secondary N) is 2. The van der Waals surface area contributed by atoms with Crippen molar-refractivity contribution in [2.45, 2.75) is 13.0 Å². The second-order valence-corrected chi connectivity index (χ2v) is 7.89. The molecule has 0 atom stereocenters. The number of nitrogens with zero attached hydrogens (tertiary/aromatic N) is 4. The van der Waals surface area contributed by atoms with E-state index in [0.717, 1.165) is 43.0 Å². The van der Waals surface area contributed by atoms with Gasteiger partial charge in [-0.1, -0.05) is 30.3 Å². The van der Waals surface area contributed by atoms with Gasteiger partial charge in [0.05, 0.1) is 30.5 Å². The molecule has 0 spiro atoms. The summed E-state index contributed by atoms with van der Waals surface area (Å²) < 4.78 is 0. The fraction of sp³-hybridized carbons (Fsp3) is 0.250. The Morgan fingerprint density at radius 3 is 2.66 bits per heavy atom. The highest BCUT2D eigenvalue weighted by Gasteiger charge is 2.25. The van der Waals surface area contributed by atoms with Gasteiger partial charge in [-0.25, -0.2) is 4.98 Å². The van der Waals surface area contributed by atoms with Crippen molar-refractivity contribution in [2.75, 3.05) is 41.3 Å². The van der Waals surface area contributed by atoms with Gasteiger partial charge in [0.25, 0.3) is 5.91 Å². The molecule has 162 valence electrons. The molecule has 2 N–H and O–H groups in total. The second-order valence-electron chi connectivity index (χ2n) is 7.89. The molecule has 0 radical (unpaired) electrons. The first-order chi connectivity index (χ1) is 15.7. The van der Waals surface area contributed by atoms with Crippen LogP contribution >= 0.6 is 0 Å². The van der Waals surface area contributed by atoms with Gasteiger partial charge in [0, 0.05) is 32.4 Å². The van der Waals surface area contributed by atoms with E-state index in [-0.39, 0.29) is 17.5 Å². The predicted molar refractivity (Wildman–Crippen MR) is 123 cm³/mol. The van der Waals surface area contributed by atoms with E-state index in [9.17, 15) is 9.59 Å². The van der Waals surface area contributed by atoms with Gasteiger partial charge in [-0.2, -0.15) is 0 Å². The third-order valence-electron chi connectivity index (χ3n) is 5.84. The lowest BCUT2D eigenvalue weighted by atomic mass is 9.99. The SMILES string of the molecule is O=C(Nc1cnccc1N1CCNCC1)c1cccc(N2Cc3ccccc3CC2=O)n1. The van der Waals surface area contributed by atoms with Crippen LogP contribution in [0.1, 0.15) is 21.6 Å². The van der Waals surface area contributed by atoms with E-state index in [2.05, 4.69) is 25.5 Å². The molecule has 0 saturated carbocycles. The molecule has 8 heteroatoms. The van der Waals surface area contributed by atoms with Gasteiger partial charge in [-0.05, 0) is 29.3 Å². The summed E-state index contributed by atoms with van der Waals surface area (Å²) in [6.45, 7) is 3.96. The topological polar surface area (TPSA) is 90.5 Å². The zero-order valence-corrected chi connectivity index (χ0v) is 17.6. The molecule has 4 heterocycles. The number of pyridine rings is 2. The first-order valence-electron chi connectivity index (χ1n) is 10.7. The number of anilines is 3. The van der Waals surface area contributed by atoms with Gasteiger partial charge < -0.3 is 15.5 Å². The zero-order chi connectivity index (χ0) is 21.9. The van der Waals surface area contributed by atoms with E-state index in [1.807, 2.05) is 30.3 Å². The van der Waals surface area contributed by atoms with E-state index in [4.69, 9.17) is 0 Å². The highest BCUT2D eigenvalue weighted by atomic mass is 16.2. The molecule has 2 aliphatic rings. The molecular weight excluding hydrogens is 404 g/mol. The van der Waals surface area contributed by atoms with Crippen molar-refractivity contribution < 1.29 is 9.59 Å². The molecule has 3 aromatic rings. The Balaban J connectivity index is 1.37. The lowest BCUT2D eigenvalue weighted by molar-refractivity contribution is -0.118. The zero-order valence-electron chi connectivity index (χ0n) is 17.6. The van der Waals surface area contributed by atoms with Crippen LogP contribution < -0.4 is 20.4 Å². The van der Waals surface area contributed by atoms with Gasteiger partial charge in [0.2, 0.25) is 5.91 Å². The van der Waals surface area contributed by atoms with Crippen molar-refractivity contribution in [3.8, 4) is 0 Å². The third kappa shape index (κ3) is 4.04. The number of carbonyl (C=O) groups excluding carboxylic acids is 2. The van der Waals surface area contributed by atoms with Gasteiger partial charge in [0.1, 0.15) is 11.5 Å². The van der Waals surface area contributed by atoms with Gasteiger partial charge in [-0.3, -0.25) is 19.5 Å². The van der Waals surface area contributed by atoms with Crippen molar-refractivity contribution in [2.24, 2.45) is 0 Å². The number of amides is 2. The maximum Gasteiger partial charge on any atom is 0.274 e. The number of carbonyl (C=O) groups is 2. The fourth-order valence-electron chi connectivity index (χ4n) is 4.16. The summed E-state index contributed by atoms with van der Waals surface area (Å²) in [6.07, 6.45) is 3.72. The van der Waals surface area contributed by atoms with E-state index in [1.54, 1.807) is 35.5 Å². The molecule has 5 rings (SSSR count). The van der Waals surface area contributed by atoms with Gasteiger partial charge in [0.15, 0.2) is 0 Å². The molecule has 2 aromatic heterocycles. The largest absolute Gasteiger partial charge is 0.367 e. The van der Waals surface area contributed by atoms with Crippen LogP contribution in [0.25, 0.3) is 0 Å². The summed E-state index contributed by atoms with van der Waals surface area (Å²) in [5.41, 5.74) is 3.98. The molecular formula is C24H24N6O2. The summed E-state index contributed by atoms with van der Waals surface area (Å²) in [4.78, 5) is 38.3. The first kappa shape index (κ1) is 20.1. The Bertz CT molecular complexity index is 1160. The third-order valence-corrected chi connectivity index (χ3v) is 5.84. The summed E-state index contributed by atoms with van der Waals surface area (Å²) in [6, 6.07) is 15.0. The highest BCUT2D eigenvalue weighted by molar-refractivity contribution is 6.05. The number of aromatic nitrogens is 2. The average molecular weight is 428 g/mol. The van der Waals surface area contributed by atoms with Crippen molar-refractivity contribution in [3.63, 3.8) is 0 Å². The van der Waals surface area contributed by atoms with Crippen LogP contribution in [0.15, 0.2) is 60.9 Å². The Labute approximate surface area is 186 Å². The van der Waals surface area contributed by atoms with Crippen molar-refractivity contribution in [1.29, 1.82) is 0 Å². The molecule has 2 amide bonds. The quantitative estimate of drug-likeness (QED) is 0.662. The summed E-state index contributed by atoms with van der Waals surface area (Å²) in [5, 5.41) is 6.28. The van der Waals surface area contributed by atoms with E-state index in [1.165, 1.54) is 0 Å². The molecule has 0 aliphatic carbocycles. The first-order valence-corrected chi connectivity index (χ1v) is 10.7. The van der Waals surface area contributed by atoms with Crippen LogP contribution in [0.2, 0.25) is 0 Å². The number of fused-ring (bicyclic) bond motifs is 1. The van der Waals surface area contributed by atoms with Crippen molar-refractivity contribution >= 4 is 29.0 Å². The van der Waals surface area contributed by atoms with Crippen molar-refractivity contribution in [3.05, 3.63) is 77.7 Å². The maximum absolute atomic E-state index is 13.0. The average Bonchev–Trinajstić information content (AvgIpc) is 2.84. The summed E-state index contributed by atoms with van der Waals surface area (Å²) in [7, 11) is 0. The van der Waals surface area contributed by atoms with E-state index >= 15 is 0 Å². The standard InChI is InChI=1S/C24H24N6O2/c31-23-14-17-4-1-2-5-18(17)16-30(23)22-7-3-6-19(27-22)24(32)28-20-15-26-9-8-21(20)29-12-10-25-11-13-29/h1-9,15,25H,10-14,16H2,(H,28,32). The maximum atomic E-state index is 13.0. The van der Waals surface area contributed by atoms with Crippen LogP contribution in [0.4, 0.5) is 17.2 Å². The number of benzene rings is 1. The van der Waals surface area contributed by atoms with Gasteiger partial charge >= 0.3 is 0 Å². The minimum absolute atomic E-state index is 0.0259. The summed E-state index contributed by atoms with van der Waals surface area (Å²) in [5.74, 6) is 0.119. The van der Waals surface area contributed by atoms with Crippen LogP contribution in [0, 0.1) is 0 Å². The van der Waals surface area contributed by atoms with Gasteiger partial charge in [-0.15, -0.1) is 0 Å². The molecule has 0 unspecified atom stereocenters.